The highest BCUT2D eigenvalue weighted by Gasteiger charge is 2.32. The number of rotatable bonds is 6. The molecule has 0 amide bonds. The minimum Gasteiger partial charge on any atom is -0.378 e. The lowest BCUT2D eigenvalue weighted by atomic mass is 10.0. The highest BCUT2D eigenvalue weighted by molar-refractivity contribution is 4.90. The van der Waals surface area contributed by atoms with Crippen LogP contribution in [0.15, 0.2) is 0 Å². The molecule has 2 N–H and O–H groups in total. The molecule has 2 atom stereocenters. The zero-order chi connectivity index (χ0) is 11.4. The van der Waals surface area contributed by atoms with Crippen LogP contribution in [0.2, 0.25) is 0 Å². The highest BCUT2D eigenvalue weighted by atomic mass is 16.5. The summed E-state index contributed by atoms with van der Waals surface area (Å²) in [6.07, 6.45) is 1.61. The van der Waals surface area contributed by atoms with Gasteiger partial charge in [-0.2, -0.15) is 0 Å². The third-order valence-corrected chi connectivity index (χ3v) is 3.67. The van der Waals surface area contributed by atoms with E-state index in [9.17, 15) is 0 Å². The molecule has 4 heteroatoms. The molecule has 2 rings (SSSR count). The number of hydrogen-bond donors (Lipinski definition) is 2. The molecule has 2 saturated heterocycles. The fourth-order valence-electron chi connectivity index (χ4n) is 2.28. The van der Waals surface area contributed by atoms with Crippen molar-refractivity contribution >= 4 is 0 Å². The number of hydrogen-bond acceptors (Lipinski definition) is 4. The lowest BCUT2D eigenvalue weighted by Gasteiger charge is -2.39. The summed E-state index contributed by atoms with van der Waals surface area (Å²) in [7, 11) is 0. The van der Waals surface area contributed by atoms with Gasteiger partial charge in [-0.15, -0.1) is 0 Å². The molecule has 16 heavy (non-hydrogen) atoms. The largest absolute Gasteiger partial charge is 0.378 e. The minimum absolute atomic E-state index is 0.0887. The average molecular weight is 228 g/mol. The third kappa shape index (κ3) is 3.17. The third-order valence-electron chi connectivity index (χ3n) is 3.67. The molecule has 0 aromatic heterocycles. The van der Waals surface area contributed by atoms with Crippen molar-refractivity contribution in [2.45, 2.75) is 32.0 Å². The van der Waals surface area contributed by atoms with Gasteiger partial charge in [0.1, 0.15) is 0 Å². The molecule has 0 aromatic rings. The van der Waals surface area contributed by atoms with E-state index in [1.165, 1.54) is 6.42 Å². The predicted octanol–water partition coefficient (Wildman–Crippen LogP) is 0.380. The first kappa shape index (κ1) is 12.3. The molecule has 4 nitrogen and oxygen atoms in total. The van der Waals surface area contributed by atoms with Crippen molar-refractivity contribution in [3.8, 4) is 0 Å². The fraction of sp³-hybridized carbons (Fsp3) is 1.00. The predicted molar refractivity (Wildman–Crippen MR) is 63.6 cm³/mol. The summed E-state index contributed by atoms with van der Waals surface area (Å²) in [6.45, 7) is 10.0. The van der Waals surface area contributed by atoms with E-state index in [0.29, 0.717) is 12.0 Å². The Morgan fingerprint density at radius 3 is 2.88 bits per heavy atom. The first-order chi connectivity index (χ1) is 7.70. The van der Waals surface area contributed by atoms with Crippen LogP contribution in [-0.2, 0) is 9.47 Å². The Morgan fingerprint density at radius 2 is 2.31 bits per heavy atom. The average Bonchev–Trinajstić information content (AvgIpc) is 2.61. The van der Waals surface area contributed by atoms with Crippen LogP contribution < -0.4 is 10.6 Å². The van der Waals surface area contributed by atoms with Crippen molar-refractivity contribution in [1.82, 2.24) is 10.6 Å². The molecule has 94 valence electrons. The van der Waals surface area contributed by atoms with Gasteiger partial charge in [0.05, 0.1) is 18.3 Å². The van der Waals surface area contributed by atoms with Gasteiger partial charge in [0, 0.05) is 32.8 Å². The van der Waals surface area contributed by atoms with Crippen LogP contribution in [-0.4, -0.2) is 51.1 Å². The van der Waals surface area contributed by atoms with Crippen molar-refractivity contribution in [2.24, 2.45) is 5.92 Å². The molecule has 0 bridgehead atoms. The summed E-state index contributed by atoms with van der Waals surface area (Å²) < 4.78 is 11.3. The Labute approximate surface area is 98.1 Å². The molecule has 2 heterocycles. The van der Waals surface area contributed by atoms with E-state index in [4.69, 9.17) is 9.47 Å². The smallest absolute Gasteiger partial charge is 0.0902 e. The summed E-state index contributed by atoms with van der Waals surface area (Å²) >= 11 is 0. The summed E-state index contributed by atoms with van der Waals surface area (Å²) in [5.74, 6) is 0.681. The van der Waals surface area contributed by atoms with Crippen molar-refractivity contribution < 1.29 is 9.47 Å². The van der Waals surface area contributed by atoms with E-state index in [-0.39, 0.29) is 5.60 Å². The van der Waals surface area contributed by atoms with Gasteiger partial charge in [0.2, 0.25) is 0 Å². The van der Waals surface area contributed by atoms with Crippen molar-refractivity contribution in [3.05, 3.63) is 0 Å². The summed E-state index contributed by atoms with van der Waals surface area (Å²) in [5, 5.41) is 6.68. The Balaban J connectivity index is 1.48. The Kier molecular flexibility index (Phi) is 4.19. The Morgan fingerprint density at radius 1 is 1.50 bits per heavy atom. The van der Waals surface area contributed by atoms with Crippen LogP contribution in [0.1, 0.15) is 20.3 Å². The van der Waals surface area contributed by atoms with Crippen LogP contribution >= 0.6 is 0 Å². The highest BCUT2D eigenvalue weighted by Crippen LogP contribution is 2.19. The van der Waals surface area contributed by atoms with Crippen LogP contribution in [0.4, 0.5) is 0 Å². The van der Waals surface area contributed by atoms with Crippen LogP contribution in [0.5, 0.6) is 0 Å². The molecule has 2 fully saturated rings. The molecule has 2 aliphatic heterocycles. The molecule has 0 saturated carbocycles. The van der Waals surface area contributed by atoms with Crippen molar-refractivity contribution in [1.29, 1.82) is 0 Å². The van der Waals surface area contributed by atoms with Crippen LogP contribution in [0.25, 0.3) is 0 Å². The first-order valence-electron chi connectivity index (χ1n) is 6.37. The van der Waals surface area contributed by atoms with Gasteiger partial charge in [-0.3, -0.25) is 0 Å². The maximum atomic E-state index is 5.80. The Bertz CT molecular complexity index is 219. The van der Waals surface area contributed by atoms with Crippen LogP contribution in [0.3, 0.4) is 0 Å². The van der Waals surface area contributed by atoms with Gasteiger partial charge >= 0.3 is 0 Å². The van der Waals surface area contributed by atoms with Gasteiger partial charge < -0.3 is 20.1 Å². The molecule has 0 spiro atoms. The van der Waals surface area contributed by atoms with Crippen molar-refractivity contribution in [3.63, 3.8) is 0 Å². The normalized spacial score (nSPS) is 32.6. The molecular formula is C12H24N2O2. The molecule has 0 radical (unpaired) electrons. The summed E-state index contributed by atoms with van der Waals surface area (Å²) in [6, 6.07) is 0. The zero-order valence-corrected chi connectivity index (χ0v) is 10.4. The van der Waals surface area contributed by atoms with Crippen molar-refractivity contribution in [2.75, 3.05) is 39.4 Å². The SMILES string of the molecule is CC1OCCC1CNCCOC1(C)CNC1. The fourth-order valence-corrected chi connectivity index (χ4v) is 2.28. The van der Waals surface area contributed by atoms with E-state index in [0.717, 1.165) is 39.4 Å². The number of nitrogens with one attached hydrogen (secondary N) is 2. The van der Waals surface area contributed by atoms with E-state index in [1.54, 1.807) is 0 Å². The first-order valence-corrected chi connectivity index (χ1v) is 6.37. The summed E-state index contributed by atoms with van der Waals surface area (Å²) in [5.41, 5.74) is 0.0887. The number of ether oxygens (including phenoxy) is 2. The minimum atomic E-state index is 0.0887. The van der Waals surface area contributed by atoms with E-state index in [2.05, 4.69) is 24.5 Å². The molecule has 0 aromatic carbocycles. The monoisotopic (exact) mass is 228 g/mol. The standard InChI is InChI=1S/C12H24N2O2/c1-10-11(3-5-15-10)7-13-4-6-16-12(2)8-14-9-12/h10-11,13-14H,3-9H2,1-2H3. The maximum absolute atomic E-state index is 5.80. The second kappa shape index (κ2) is 5.45. The Hall–Kier alpha value is -0.160. The lowest BCUT2D eigenvalue weighted by molar-refractivity contribution is -0.0650. The van der Waals surface area contributed by atoms with E-state index in [1.807, 2.05) is 0 Å². The quantitative estimate of drug-likeness (QED) is 0.645. The van der Waals surface area contributed by atoms with Gasteiger partial charge in [-0.25, -0.2) is 0 Å². The van der Waals surface area contributed by atoms with E-state index < -0.39 is 0 Å². The maximum Gasteiger partial charge on any atom is 0.0902 e. The second-order valence-corrected chi connectivity index (χ2v) is 5.23. The molecular weight excluding hydrogens is 204 g/mol. The van der Waals surface area contributed by atoms with Gasteiger partial charge in [0.15, 0.2) is 0 Å². The van der Waals surface area contributed by atoms with Gasteiger partial charge in [0.25, 0.3) is 0 Å². The molecule has 2 aliphatic rings. The van der Waals surface area contributed by atoms with Gasteiger partial charge in [-0.1, -0.05) is 0 Å². The van der Waals surface area contributed by atoms with Crippen LogP contribution in [0, 0.1) is 5.92 Å². The van der Waals surface area contributed by atoms with Gasteiger partial charge in [-0.05, 0) is 26.2 Å². The summed E-state index contributed by atoms with van der Waals surface area (Å²) in [4.78, 5) is 0. The van der Waals surface area contributed by atoms with E-state index >= 15 is 0 Å². The molecule has 0 aliphatic carbocycles. The topological polar surface area (TPSA) is 42.5 Å². The lowest BCUT2D eigenvalue weighted by Crippen LogP contribution is -2.59. The zero-order valence-electron chi connectivity index (χ0n) is 10.4. The second-order valence-electron chi connectivity index (χ2n) is 5.23. The molecule has 2 unspecified atom stereocenters.